The Bertz CT molecular complexity index is 831. The van der Waals surface area contributed by atoms with Gasteiger partial charge in [0.15, 0.2) is 0 Å². The molecule has 0 aliphatic carbocycles. The summed E-state index contributed by atoms with van der Waals surface area (Å²) >= 11 is 0. The number of rotatable bonds is 5. The lowest BCUT2D eigenvalue weighted by molar-refractivity contribution is -0.167. The van der Waals surface area contributed by atoms with Crippen molar-refractivity contribution in [1.82, 2.24) is 0 Å². The summed E-state index contributed by atoms with van der Waals surface area (Å²) in [5, 5.41) is 4.27. The van der Waals surface area contributed by atoms with E-state index in [1.807, 2.05) is 0 Å². The number of esters is 1. The largest absolute Gasteiger partial charge is 0.471 e. The fourth-order valence-corrected chi connectivity index (χ4v) is 2.01. The highest BCUT2D eigenvalue weighted by atomic mass is 19.4. The average molecular weight is 380 g/mol. The molecule has 2 amide bonds. The summed E-state index contributed by atoms with van der Waals surface area (Å²) in [6, 6.07) is 10.9. The normalized spacial score (nSPS) is 10.8. The number of nitrogens with one attached hydrogen (secondary N) is 2. The Morgan fingerprint density at radius 3 is 1.81 bits per heavy atom. The SMILES string of the molecule is CCOC(=O)c1ccc(NC(=O)c2ccc(NC(=O)C(F)(F)F)cc2)cc1. The predicted molar refractivity (Wildman–Crippen MR) is 91.5 cm³/mol. The average Bonchev–Trinajstić information content (AvgIpc) is 2.62. The number of halogens is 3. The summed E-state index contributed by atoms with van der Waals surface area (Å²) in [6.45, 7) is 1.93. The Morgan fingerprint density at radius 2 is 1.33 bits per heavy atom. The number of amides is 2. The van der Waals surface area contributed by atoms with Gasteiger partial charge in [-0.15, -0.1) is 0 Å². The van der Waals surface area contributed by atoms with E-state index >= 15 is 0 Å². The van der Waals surface area contributed by atoms with E-state index in [2.05, 4.69) is 5.32 Å². The molecule has 2 N–H and O–H groups in total. The maximum atomic E-state index is 12.2. The van der Waals surface area contributed by atoms with Crippen molar-refractivity contribution in [3.05, 3.63) is 59.7 Å². The molecule has 0 saturated carbocycles. The molecule has 0 aliphatic rings. The standard InChI is InChI=1S/C18H15F3N2O4/c1-2-27-16(25)12-5-9-13(10-6-12)22-15(24)11-3-7-14(8-4-11)23-17(26)18(19,20)21/h3-10H,2H2,1H3,(H,22,24)(H,23,26). The minimum absolute atomic E-state index is 0.0901. The van der Waals surface area contributed by atoms with Crippen LogP contribution in [0.2, 0.25) is 0 Å². The third-order valence-corrected chi connectivity index (χ3v) is 3.32. The Kier molecular flexibility index (Phi) is 6.17. The van der Waals surface area contributed by atoms with Crippen LogP contribution in [-0.2, 0) is 9.53 Å². The maximum Gasteiger partial charge on any atom is 0.471 e. The first-order valence-electron chi connectivity index (χ1n) is 7.77. The number of carbonyl (C=O) groups is 3. The van der Waals surface area contributed by atoms with Crippen LogP contribution >= 0.6 is 0 Å². The lowest BCUT2D eigenvalue weighted by Crippen LogP contribution is -2.29. The lowest BCUT2D eigenvalue weighted by atomic mass is 10.1. The lowest BCUT2D eigenvalue weighted by Gasteiger charge is -2.09. The van der Waals surface area contributed by atoms with Crippen molar-refractivity contribution >= 4 is 29.2 Å². The van der Waals surface area contributed by atoms with Crippen LogP contribution in [0.4, 0.5) is 24.5 Å². The molecule has 0 heterocycles. The van der Waals surface area contributed by atoms with Gasteiger partial charge in [0.2, 0.25) is 0 Å². The minimum atomic E-state index is -4.99. The van der Waals surface area contributed by atoms with Crippen molar-refractivity contribution in [3.63, 3.8) is 0 Å². The molecule has 0 saturated heterocycles. The molecule has 0 bridgehead atoms. The van der Waals surface area contributed by atoms with Gasteiger partial charge in [-0.1, -0.05) is 0 Å². The van der Waals surface area contributed by atoms with E-state index in [1.165, 1.54) is 48.5 Å². The molecular weight excluding hydrogens is 365 g/mol. The summed E-state index contributed by atoms with van der Waals surface area (Å²) in [5.74, 6) is -3.08. The number of benzene rings is 2. The number of hydrogen-bond donors (Lipinski definition) is 2. The van der Waals surface area contributed by atoms with Crippen LogP contribution in [0.5, 0.6) is 0 Å². The van der Waals surface area contributed by atoms with Crippen molar-refractivity contribution in [2.45, 2.75) is 13.1 Å². The molecule has 9 heteroatoms. The molecule has 2 aromatic carbocycles. The number of alkyl halides is 3. The zero-order valence-corrected chi connectivity index (χ0v) is 14.1. The Labute approximate surface area is 152 Å². The van der Waals surface area contributed by atoms with Gasteiger partial charge in [0, 0.05) is 16.9 Å². The fraction of sp³-hybridized carbons (Fsp3) is 0.167. The van der Waals surface area contributed by atoms with Crippen LogP contribution in [0.15, 0.2) is 48.5 Å². The summed E-state index contributed by atoms with van der Waals surface area (Å²) in [6.07, 6.45) is -4.99. The quantitative estimate of drug-likeness (QED) is 0.776. The third kappa shape index (κ3) is 5.56. The zero-order chi connectivity index (χ0) is 20.0. The first-order valence-corrected chi connectivity index (χ1v) is 7.77. The van der Waals surface area contributed by atoms with Crippen molar-refractivity contribution in [2.75, 3.05) is 17.2 Å². The number of ether oxygens (including phenoxy) is 1. The minimum Gasteiger partial charge on any atom is -0.462 e. The van der Waals surface area contributed by atoms with E-state index in [0.717, 1.165) is 0 Å². The van der Waals surface area contributed by atoms with Crippen LogP contribution in [0.1, 0.15) is 27.6 Å². The smallest absolute Gasteiger partial charge is 0.462 e. The number of carbonyl (C=O) groups excluding carboxylic acids is 3. The number of anilines is 2. The van der Waals surface area contributed by atoms with Crippen LogP contribution in [0, 0.1) is 0 Å². The molecule has 0 atom stereocenters. The molecule has 0 aliphatic heterocycles. The molecule has 2 aromatic rings. The summed E-state index contributed by atoms with van der Waals surface area (Å²) < 4.78 is 41.5. The van der Waals surface area contributed by atoms with Crippen LogP contribution in [-0.4, -0.2) is 30.6 Å². The Hall–Kier alpha value is -3.36. The second-order valence-corrected chi connectivity index (χ2v) is 5.28. The first kappa shape index (κ1) is 20.0. The highest BCUT2D eigenvalue weighted by Gasteiger charge is 2.38. The van der Waals surface area contributed by atoms with Crippen LogP contribution in [0.3, 0.4) is 0 Å². The van der Waals surface area contributed by atoms with E-state index in [4.69, 9.17) is 4.74 Å². The fourth-order valence-electron chi connectivity index (χ4n) is 2.01. The summed E-state index contributed by atoms with van der Waals surface area (Å²) in [7, 11) is 0. The van der Waals surface area contributed by atoms with Crippen molar-refractivity contribution in [2.24, 2.45) is 0 Å². The molecule has 0 aromatic heterocycles. The van der Waals surface area contributed by atoms with E-state index in [-0.39, 0.29) is 17.9 Å². The highest BCUT2D eigenvalue weighted by molar-refractivity contribution is 6.05. The van der Waals surface area contributed by atoms with E-state index in [0.29, 0.717) is 11.3 Å². The highest BCUT2D eigenvalue weighted by Crippen LogP contribution is 2.19. The third-order valence-electron chi connectivity index (χ3n) is 3.32. The van der Waals surface area contributed by atoms with Crippen molar-refractivity contribution in [1.29, 1.82) is 0 Å². The molecule has 6 nitrogen and oxygen atoms in total. The molecule has 0 spiro atoms. The van der Waals surface area contributed by atoms with E-state index < -0.39 is 24.0 Å². The van der Waals surface area contributed by atoms with Gasteiger partial charge in [-0.2, -0.15) is 13.2 Å². The summed E-state index contributed by atoms with van der Waals surface area (Å²) in [4.78, 5) is 34.6. The molecule has 0 fully saturated rings. The monoisotopic (exact) mass is 380 g/mol. The van der Waals surface area contributed by atoms with Gasteiger partial charge in [-0.25, -0.2) is 4.79 Å². The molecule has 0 radical (unpaired) electrons. The second-order valence-electron chi connectivity index (χ2n) is 5.28. The van der Waals surface area contributed by atoms with Crippen molar-refractivity contribution < 1.29 is 32.3 Å². The van der Waals surface area contributed by atoms with Gasteiger partial charge in [0.1, 0.15) is 0 Å². The molecule has 27 heavy (non-hydrogen) atoms. The molecule has 2 rings (SSSR count). The first-order chi connectivity index (χ1) is 12.7. The van der Waals surface area contributed by atoms with Crippen molar-refractivity contribution in [3.8, 4) is 0 Å². The Morgan fingerprint density at radius 1 is 0.852 bits per heavy atom. The molecule has 0 unspecified atom stereocenters. The van der Waals surface area contributed by atoms with Gasteiger partial charge >= 0.3 is 18.1 Å². The predicted octanol–water partition coefficient (Wildman–Crippen LogP) is 3.62. The van der Waals surface area contributed by atoms with E-state index in [9.17, 15) is 27.6 Å². The number of hydrogen-bond acceptors (Lipinski definition) is 4. The zero-order valence-electron chi connectivity index (χ0n) is 14.1. The second kappa shape index (κ2) is 8.35. The van der Waals surface area contributed by atoms with Crippen LogP contribution in [0.25, 0.3) is 0 Å². The van der Waals surface area contributed by atoms with Crippen LogP contribution < -0.4 is 10.6 Å². The van der Waals surface area contributed by atoms with E-state index in [1.54, 1.807) is 12.2 Å². The van der Waals surface area contributed by atoms with Gasteiger partial charge < -0.3 is 15.4 Å². The van der Waals surface area contributed by atoms with Gasteiger partial charge in [0.25, 0.3) is 5.91 Å². The topological polar surface area (TPSA) is 84.5 Å². The maximum absolute atomic E-state index is 12.2. The molecule has 142 valence electrons. The molecular formula is C18H15F3N2O4. The van der Waals surface area contributed by atoms with Gasteiger partial charge in [-0.05, 0) is 55.5 Å². The summed E-state index contributed by atoms with van der Waals surface area (Å²) in [5.41, 5.74) is 0.837. The Balaban J connectivity index is 2.00. The van der Waals surface area contributed by atoms with Gasteiger partial charge in [-0.3, -0.25) is 9.59 Å². The van der Waals surface area contributed by atoms with Gasteiger partial charge in [0.05, 0.1) is 12.2 Å².